The molecular formula is C18H16N4O5. The fourth-order valence-corrected chi connectivity index (χ4v) is 2.90. The lowest BCUT2D eigenvalue weighted by Crippen LogP contribution is -2.31. The highest BCUT2D eigenvalue weighted by molar-refractivity contribution is 6.05. The van der Waals surface area contributed by atoms with Crippen molar-refractivity contribution in [3.63, 3.8) is 0 Å². The van der Waals surface area contributed by atoms with Gasteiger partial charge in [0.2, 0.25) is 6.79 Å². The van der Waals surface area contributed by atoms with Crippen LogP contribution in [-0.4, -0.2) is 27.2 Å². The molecule has 1 aliphatic rings. The molecule has 0 saturated carbocycles. The maximum absolute atomic E-state index is 12.5. The number of rotatable bonds is 4. The number of amides is 1. The minimum atomic E-state index is -0.576. The number of aromatic amines is 1. The van der Waals surface area contributed by atoms with Crippen LogP contribution in [0, 0.1) is 0 Å². The Bertz CT molecular complexity index is 1160. The van der Waals surface area contributed by atoms with E-state index in [1.807, 2.05) is 6.92 Å². The lowest BCUT2D eigenvalue weighted by Gasteiger charge is -2.09. The Morgan fingerprint density at radius 3 is 2.89 bits per heavy atom. The van der Waals surface area contributed by atoms with E-state index in [4.69, 9.17) is 9.47 Å². The summed E-state index contributed by atoms with van der Waals surface area (Å²) in [5.41, 5.74) is -0.112. The van der Waals surface area contributed by atoms with E-state index in [0.29, 0.717) is 30.2 Å². The topological polar surface area (TPSA) is 115 Å². The summed E-state index contributed by atoms with van der Waals surface area (Å²) in [4.78, 5) is 43.1. The SMILES string of the molecule is CCCn1c(=O)[nH]c(=O)c2cc(C(=O)Nc3ccc4c(c3)OCO4)cnc21. The standard InChI is InChI=1S/C18H16N4O5/c1-2-5-22-15-12(17(24)21-18(22)25)6-10(8-19-15)16(23)20-11-3-4-13-14(7-11)27-9-26-13/h3-4,6-8H,2,5,9H2,1H3,(H,20,23)(H,21,24,25). The molecule has 1 amide bonds. The van der Waals surface area contributed by atoms with Crippen LogP contribution >= 0.6 is 0 Å². The van der Waals surface area contributed by atoms with Gasteiger partial charge in [0.15, 0.2) is 11.5 Å². The van der Waals surface area contributed by atoms with E-state index in [0.717, 1.165) is 0 Å². The molecule has 0 saturated heterocycles. The molecule has 2 aromatic heterocycles. The lowest BCUT2D eigenvalue weighted by molar-refractivity contribution is 0.102. The number of carbonyl (C=O) groups is 1. The molecule has 2 N–H and O–H groups in total. The van der Waals surface area contributed by atoms with E-state index in [1.54, 1.807) is 18.2 Å². The zero-order valence-electron chi connectivity index (χ0n) is 14.4. The fourth-order valence-electron chi connectivity index (χ4n) is 2.90. The molecule has 0 fully saturated rings. The third kappa shape index (κ3) is 3.03. The predicted molar refractivity (Wildman–Crippen MR) is 97.4 cm³/mol. The third-order valence-corrected chi connectivity index (χ3v) is 4.17. The van der Waals surface area contributed by atoms with E-state index in [-0.39, 0.29) is 23.4 Å². The average Bonchev–Trinajstić information content (AvgIpc) is 3.12. The number of nitrogens with zero attached hydrogens (tertiary/aromatic N) is 2. The molecule has 138 valence electrons. The zero-order chi connectivity index (χ0) is 19.0. The highest BCUT2D eigenvalue weighted by Crippen LogP contribution is 2.34. The van der Waals surface area contributed by atoms with Crippen molar-refractivity contribution in [3.8, 4) is 11.5 Å². The number of anilines is 1. The lowest BCUT2D eigenvalue weighted by atomic mass is 10.2. The first kappa shape index (κ1) is 16.8. The maximum atomic E-state index is 12.5. The highest BCUT2D eigenvalue weighted by Gasteiger charge is 2.16. The number of ether oxygens (including phenoxy) is 2. The molecule has 0 unspecified atom stereocenters. The Balaban J connectivity index is 1.68. The second kappa shape index (κ2) is 6.60. The highest BCUT2D eigenvalue weighted by atomic mass is 16.7. The van der Waals surface area contributed by atoms with Crippen molar-refractivity contribution in [2.24, 2.45) is 0 Å². The van der Waals surface area contributed by atoms with E-state index >= 15 is 0 Å². The van der Waals surface area contributed by atoms with Crippen molar-refractivity contribution in [1.29, 1.82) is 0 Å². The van der Waals surface area contributed by atoms with Crippen LogP contribution in [-0.2, 0) is 6.54 Å². The molecule has 0 atom stereocenters. The van der Waals surface area contributed by atoms with Gasteiger partial charge in [-0.3, -0.25) is 19.1 Å². The predicted octanol–water partition coefficient (Wildman–Crippen LogP) is 1.48. The molecule has 0 radical (unpaired) electrons. The van der Waals surface area contributed by atoms with E-state index in [2.05, 4.69) is 15.3 Å². The molecule has 1 aliphatic heterocycles. The number of pyridine rings is 1. The minimum Gasteiger partial charge on any atom is -0.454 e. The smallest absolute Gasteiger partial charge is 0.329 e. The average molecular weight is 368 g/mol. The third-order valence-electron chi connectivity index (χ3n) is 4.17. The van der Waals surface area contributed by atoms with Gasteiger partial charge in [0.05, 0.1) is 10.9 Å². The zero-order valence-corrected chi connectivity index (χ0v) is 14.4. The second-order valence-electron chi connectivity index (χ2n) is 6.03. The van der Waals surface area contributed by atoms with Crippen LogP contribution in [0.1, 0.15) is 23.7 Å². The maximum Gasteiger partial charge on any atom is 0.329 e. The van der Waals surface area contributed by atoms with Crippen LogP contribution in [0.15, 0.2) is 40.1 Å². The number of aromatic nitrogens is 3. The van der Waals surface area contributed by atoms with Gasteiger partial charge in [-0.1, -0.05) is 6.92 Å². The second-order valence-corrected chi connectivity index (χ2v) is 6.03. The van der Waals surface area contributed by atoms with Gasteiger partial charge in [-0.2, -0.15) is 0 Å². The van der Waals surface area contributed by atoms with Crippen LogP contribution in [0.25, 0.3) is 11.0 Å². The van der Waals surface area contributed by atoms with Gasteiger partial charge in [0, 0.05) is 24.5 Å². The molecule has 3 heterocycles. The molecule has 27 heavy (non-hydrogen) atoms. The summed E-state index contributed by atoms with van der Waals surface area (Å²) in [6.45, 7) is 2.47. The molecule has 9 heteroatoms. The first-order valence-electron chi connectivity index (χ1n) is 8.40. The Morgan fingerprint density at radius 2 is 2.07 bits per heavy atom. The summed E-state index contributed by atoms with van der Waals surface area (Å²) in [7, 11) is 0. The summed E-state index contributed by atoms with van der Waals surface area (Å²) in [5, 5.41) is 2.91. The van der Waals surface area contributed by atoms with Crippen LogP contribution in [0.5, 0.6) is 11.5 Å². The number of nitrogens with one attached hydrogen (secondary N) is 2. The molecule has 1 aromatic carbocycles. The van der Waals surface area contributed by atoms with Crippen molar-refractivity contribution >= 4 is 22.6 Å². The number of carbonyl (C=O) groups excluding carboxylic acids is 1. The van der Waals surface area contributed by atoms with Crippen LogP contribution < -0.4 is 26.0 Å². The normalized spacial score (nSPS) is 12.3. The summed E-state index contributed by atoms with van der Waals surface area (Å²) < 4.78 is 11.9. The summed E-state index contributed by atoms with van der Waals surface area (Å²) in [6, 6.07) is 6.46. The monoisotopic (exact) mass is 368 g/mol. The van der Waals surface area contributed by atoms with Gasteiger partial charge in [-0.15, -0.1) is 0 Å². The van der Waals surface area contributed by atoms with E-state index in [1.165, 1.54) is 16.8 Å². The van der Waals surface area contributed by atoms with Gasteiger partial charge < -0.3 is 14.8 Å². The minimum absolute atomic E-state index is 0.142. The summed E-state index contributed by atoms with van der Waals surface area (Å²) in [5.74, 6) is 0.723. The van der Waals surface area contributed by atoms with Gasteiger partial charge in [-0.25, -0.2) is 9.78 Å². The van der Waals surface area contributed by atoms with Crippen molar-refractivity contribution in [2.75, 3.05) is 12.1 Å². The molecule has 0 aliphatic carbocycles. The van der Waals surface area contributed by atoms with E-state index in [9.17, 15) is 14.4 Å². The molecule has 4 rings (SSSR count). The number of benzene rings is 1. The largest absolute Gasteiger partial charge is 0.454 e. The number of hydrogen-bond donors (Lipinski definition) is 2. The van der Waals surface area contributed by atoms with Crippen molar-refractivity contribution in [1.82, 2.24) is 14.5 Å². The quantitative estimate of drug-likeness (QED) is 0.721. The molecule has 9 nitrogen and oxygen atoms in total. The summed E-state index contributed by atoms with van der Waals surface area (Å²) in [6.07, 6.45) is 2.05. The van der Waals surface area contributed by atoms with Crippen LogP contribution in [0.3, 0.4) is 0 Å². The van der Waals surface area contributed by atoms with Crippen molar-refractivity contribution < 1.29 is 14.3 Å². The first-order valence-corrected chi connectivity index (χ1v) is 8.40. The van der Waals surface area contributed by atoms with Gasteiger partial charge >= 0.3 is 5.69 Å². The van der Waals surface area contributed by atoms with Crippen LogP contribution in [0.4, 0.5) is 5.69 Å². The Morgan fingerprint density at radius 1 is 1.26 bits per heavy atom. The Labute approximate surface area is 152 Å². The number of fused-ring (bicyclic) bond motifs is 2. The van der Waals surface area contributed by atoms with Crippen molar-refractivity contribution in [2.45, 2.75) is 19.9 Å². The molecule has 3 aromatic rings. The van der Waals surface area contributed by atoms with Crippen LogP contribution in [0.2, 0.25) is 0 Å². The molecule has 0 spiro atoms. The fraction of sp³-hybridized carbons (Fsp3) is 0.222. The Kier molecular flexibility index (Phi) is 4.11. The summed E-state index contributed by atoms with van der Waals surface area (Å²) >= 11 is 0. The van der Waals surface area contributed by atoms with Gasteiger partial charge in [0.1, 0.15) is 5.65 Å². The Hall–Kier alpha value is -3.62. The number of H-pyrrole nitrogens is 1. The number of hydrogen-bond acceptors (Lipinski definition) is 6. The van der Waals surface area contributed by atoms with Gasteiger partial charge in [0.25, 0.3) is 11.5 Å². The van der Waals surface area contributed by atoms with Crippen molar-refractivity contribution in [3.05, 3.63) is 56.9 Å². The number of aryl methyl sites for hydroxylation is 1. The van der Waals surface area contributed by atoms with E-state index < -0.39 is 17.2 Å². The first-order chi connectivity index (χ1) is 13.1. The van der Waals surface area contributed by atoms with Gasteiger partial charge in [-0.05, 0) is 24.6 Å². The molecule has 0 bridgehead atoms. The molecular weight excluding hydrogens is 352 g/mol.